The van der Waals surface area contributed by atoms with Crippen molar-refractivity contribution < 1.29 is 19.3 Å². The van der Waals surface area contributed by atoms with E-state index in [9.17, 15) is 5.11 Å². The van der Waals surface area contributed by atoms with Crippen molar-refractivity contribution >= 4 is 5.69 Å². The Hall–Kier alpha value is -1.30. The van der Waals surface area contributed by atoms with E-state index < -0.39 is 6.10 Å². The van der Waals surface area contributed by atoms with E-state index in [1.807, 2.05) is 32.0 Å². The fraction of sp³-hybridized carbons (Fsp3) is 0.600. The lowest BCUT2D eigenvalue weighted by atomic mass is 10.2. The van der Waals surface area contributed by atoms with Crippen molar-refractivity contribution in [2.75, 3.05) is 45.4 Å². The highest BCUT2D eigenvalue weighted by Gasteiger charge is 2.06. The van der Waals surface area contributed by atoms with Gasteiger partial charge in [0.25, 0.3) is 0 Å². The summed E-state index contributed by atoms with van der Waals surface area (Å²) in [4.78, 5) is 0. The molecule has 0 aromatic heterocycles. The number of nitrogens with one attached hydrogen (secondary N) is 1. The van der Waals surface area contributed by atoms with E-state index in [2.05, 4.69) is 5.32 Å². The van der Waals surface area contributed by atoms with E-state index >= 15 is 0 Å². The van der Waals surface area contributed by atoms with Crippen LogP contribution in [0.1, 0.15) is 12.5 Å². The Bertz CT molecular complexity index is 384. The molecular formula is C15H25NO4. The third kappa shape index (κ3) is 6.23. The van der Waals surface area contributed by atoms with Gasteiger partial charge in [0.2, 0.25) is 0 Å². The van der Waals surface area contributed by atoms with Crippen LogP contribution in [0.2, 0.25) is 0 Å². The average molecular weight is 283 g/mol. The fourth-order valence-electron chi connectivity index (χ4n) is 1.73. The quantitative estimate of drug-likeness (QED) is 0.642. The first-order valence-corrected chi connectivity index (χ1v) is 6.89. The third-order valence-electron chi connectivity index (χ3n) is 2.85. The van der Waals surface area contributed by atoms with Gasteiger partial charge in [-0.15, -0.1) is 0 Å². The highest BCUT2D eigenvalue weighted by Crippen LogP contribution is 2.20. The molecule has 20 heavy (non-hydrogen) atoms. The van der Waals surface area contributed by atoms with Gasteiger partial charge in [-0.1, -0.05) is 0 Å². The molecule has 5 heteroatoms. The van der Waals surface area contributed by atoms with E-state index in [0.717, 1.165) is 17.0 Å². The zero-order valence-corrected chi connectivity index (χ0v) is 12.5. The van der Waals surface area contributed by atoms with Crippen LogP contribution in [0.3, 0.4) is 0 Å². The summed E-state index contributed by atoms with van der Waals surface area (Å²) < 4.78 is 15.6. The smallest absolute Gasteiger partial charge is 0.119 e. The molecule has 1 aromatic carbocycles. The molecule has 0 aliphatic heterocycles. The number of hydrogen-bond donors (Lipinski definition) is 2. The Morgan fingerprint density at radius 3 is 2.65 bits per heavy atom. The van der Waals surface area contributed by atoms with Crippen LogP contribution in [0, 0.1) is 6.92 Å². The number of anilines is 1. The standard InChI is InChI=1S/C15H25NO4/c1-4-19-7-8-20-11-13(17)10-16-15-6-5-14(18-3)9-12(15)2/h5-6,9,13,16-17H,4,7-8,10-11H2,1-3H3. The van der Waals surface area contributed by atoms with Gasteiger partial charge >= 0.3 is 0 Å². The second kappa shape index (κ2) is 9.58. The van der Waals surface area contributed by atoms with Crippen molar-refractivity contribution in [1.82, 2.24) is 0 Å². The lowest BCUT2D eigenvalue weighted by Crippen LogP contribution is -2.25. The summed E-state index contributed by atoms with van der Waals surface area (Å²) >= 11 is 0. The minimum Gasteiger partial charge on any atom is -0.497 e. The largest absolute Gasteiger partial charge is 0.497 e. The Labute approximate surface area is 120 Å². The first-order chi connectivity index (χ1) is 9.67. The maximum atomic E-state index is 9.81. The lowest BCUT2D eigenvalue weighted by molar-refractivity contribution is 0.0103. The van der Waals surface area contributed by atoms with Crippen LogP contribution in [0.5, 0.6) is 5.75 Å². The minimum absolute atomic E-state index is 0.301. The first kappa shape index (κ1) is 16.8. The number of methoxy groups -OCH3 is 1. The normalized spacial score (nSPS) is 12.2. The molecule has 1 atom stereocenters. The molecule has 0 bridgehead atoms. The maximum absolute atomic E-state index is 9.81. The molecule has 0 saturated carbocycles. The van der Waals surface area contributed by atoms with Gasteiger partial charge in [0.05, 0.1) is 33.0 Å². The van der Waals surface area contributed by atoms with Gasteiger partial charge in [0.15, 0.2) is 0 Å². The lowest BCUT2D eigenvalue weighted by Gasteiger charge is -2.15. The second-order valence-electron chi connectivity index (χ2n) is 4.49. The number of aliphatic hydroxyl groups is 1. The molecule has 114 valence electrons. The van der Waals surface area contributed by atoms with Crippen LogP contribution >= 0.6 is 0 Å². The highest BCUT2D eigenvalue weighted by atomic mass is 16.5. The molecular weight excluding hydrogens is 258 g/mol. The molecule has 1 rings (SSSR count). The molecule has 1 aromatic rings. The van der Waals surface area contributed by atoms with E-state index in [1.165, 1.54) is 0 Å². The van der Waals surface area contributed by atoms with Gasteiger partial charge in [0, 0.05) is 18.8 Å². The summed E-state index contributed by atoms with van der Waals surface area (Å²) in [5.74, 6) is 0.827. The van der Waals surface area contributed by atoms with E-state index in [4.69, 9.17) is 14.2 Å². The van der Waals surface area contributed by atoms with E-state index in [-0.39, 0.29) is 0 Å². The summed E-state index contributed by atoms with van der Waals surface area (Å²) in [6.07, 6.45) is -0.543. The zero-order valence-electron chi connectivity index (χ0n) is 12.5. The summed E-state index contributed by atoms with van der Waals surface area (Å²) in [6.45, 7) is 6.44. The number of rotatable bonds is 10. The van der Waals surface area contributed by atoms with Gasteiger partial charge in [-0.25, -0.2) is 0 Å². The Balaban J connectivity index is 2.25. The monoisotopic (exact) mass is 283 g/mol. The summed E-state index contributed by atoms with van der Waals surface area (Å²) in [5, 5.41) is 13.0. The minimum atomic E-state index is -0.543. The van der Waals surface area contributed by atoms with Gasteiger partial charge in [-0.2, -0.15) is 0 Å². The van der Waals surface area contributed by atoms with Crippen LogP contribution in [0.25, 0.3) is 0 Å². The van der Waals surface area contributed by atoms with Crippen molar-refractivity contribution in [3.63, 3.8) is 0 Å². The summed E-state index contributed by atoms with van der Waals surface area (Å²) in [5.41, 5.74) is 2.06. The Morgan fingerprint density at radius 1 is 1.25 bits per heavy atom. The third-order valence-corrected chi connectivity index (χ3v) is 2.85. The number of aryl methyl sites for hydroxylation is 1. The van der Waals surface area contributed by atoms with Crippen molar-refractivity contribution in [2.45, 2.75) is 20.0 Å². The Morgan fingerprint density at radius 2 is 2.00 bits per heavy atom. The van der Waals surface area contributed by atoms with Crippen molar-refractivity contribution in [3.05, 3.63) is 23.8 Å². The molecule has 0 radical (unpaired) electrons. The summed E-state index contributed by atoms with van der Waals surface area (Å²) in [7, 11) is 1.64. The zero-order chi connectivity index (χ0) is 14.8. The molecule has 1 unspecified atom stereocenters. The molecule has 0 heterocycles. The maximum Gasteiger partial charge on any atom is 0.119 e. The number of hydrogen-bond acceptors (Lipinski definition) is 5. The van der Waals surface area contributed by atoms with Gasteiger partial charge in [0.1, 0.15) is 5.75 Å². The predicted molar refractivity (Wildman–Crippen MR) is 79.5 cm³/mol. The molecule has 0 fully saturated rings. The van der Waals surface area contributed by atoms with Crippen LogP contribution in [0.4, 0.5) is 5.69 Å². The Kier molecular flexibility index (Phi) is 8.02. The predicted octanol–water partition coefficient (Wildman–Crippen LogP) is 1.83. The molecule has 0 spiro atoms. The summed E-state index contributed by atoms with van der Waals surface area (Å²) in [6, 6.07) is 5.78. The van der Waals surface area contributed by atoms with E-state index in [1.54, 1.807) is 7.11 Å². The molecule has 0 aliphatic rings. The number of aliphatic hydroxyl groups excluding tert-OH is 1. The molecule has 5 nitrogen and oxygen atoms in total. The molecule has 0 saturated heterocycles. The van der Waals surface area contributed by atoms with Crippen LogP contribution in [-0.4, -0.2) is 51.3 Å². The van der Waals surface area contributed by atoms with Crippen molar-refractivity contribution in [1.29, 1.82) is 0 Å². The highest BCUT2D eigenvalue weighted by molar-refractivity contribution is 5.53. The average Bonchev–Trinajstić information content (AvgIpc) is 2.45. The number of ether oxygens (including phenoxy) is 3. The second-order valence-corrected chi connectivity index (χ2v) is 4.49. The number of benzene rings is 1. The molecule has 0 aliphatic carbocycles. The first-order valence-electron chi connectivity index (χ1n) is 6.89. The van der Waals surface area contributed by atoms with E-state index in [0.29, 0.717) is 33.0 Å². The van der Waals surface area contributed by atoms with Crippen molar-refractivity contribution in [2.24, 2.45) is 0 Å². The molecule has 2 N–H and O–H groups in total. The SMILES string of the molecule is CCOCCOCC(O)CNc1ccc(OC)cc1C. The topological polar surface area (TPSA) is 60.0 Å². The fourth-order valence-corrected chi connectivity index (χ4v) is 1.73. The van der Waals surface area contributed by atoms with Crippen LogP contribution < -0.4 is 10.1 Å². The van der Waals surface area contributed by atoms with Gasteiger partial charge < -0.3 is 24.6 Å². The molecule has 0 amide bonds. The van der Waals surface area contributed by atoms with Gasteiger partial charge in [-0.3, -0.25) is 0 Å². The van der Waals surface area contributed by atoms with Crippen molar-refractivity contribution in [3.8, 4) is 5.75 Å². The van der Waals surface area contributed by atoms with Gasteiger partial charge in [-0.05, 0) is 37.6 Å². The van der Waals surface area contributed by atoms with Crippen LogP contribution in [-0.2, 0) is 9.47 Å². The van der Waals surface area contributed by atoms with Crippen LogP contribution in [0.15, 0.2) is 18.2 Å².